The number of unbranched alkanes of at least 4 members (excludes halogenated alkanes) is 1. The van der Waals surface area contributed by atoms with E-state index in [4.69, 9.17) is 22.3 Å². The van der Waals surface area contributed by atoms with E-state index >= 15 is 0 Å². The number of nitrogens with two attached hydrogens (primary N) is 3. The van der Waals surface area contributed by atoms with Gasteiger partial charge in [0.25, 0.3) is 0 Å². The van der Waals surface area contributed by atoms with Gasteiger partial charge in [-0.15, -0.1) is 0 Å². The fourth-order valence-electron chi connectivity index (χ4n) is 1.14. The second-order valence-electron chi connectivity index (χ2n) is 3.54. The van der Waals surface area contributed by atoms with Crippen molar-refractivity contribution in [1.29, 1.82) is 0 Å². The minimum Gasteiger partial charge on any atom is -0.394 e. The van der Waals surface area contributed by atoms with Gasteiger partial charge in [-0.25, -0.2) is 0 Å². The lowest BCUT2D eigenvalue weighted by molar-refractivity contribution is -0.128. The van der Waals surface area contributed by atoms with E-state index < -0.39 is 30.5 Å². The first-order chi connectivity index (χ1) is 7.52. The quantitative estimate of drug-likeness (QED) is 0.291. The van der Waals surface area contributed by atoms with E-state index in [0.29, 0.717) is 19.4 Å². The molecule has 0 saturated carbocycles. The lowest BCUT2D eigenvalue weighted by Gasteiger charge is -2.17. The highest BCUT2D eigenvalue weighted by molar-refractivity contribution is 5.88. The largest absolute Gasteiger partial charge is 0.394 e. The minimum absolute atomic E-state index is 0.427. The Balaban J connectivity index is 4.12. The van der Waals surface area contributed by atoms with Crippen molar-refractivity contribution in [2.45, 2.75) is 31.3 Å². The van der Waals surface area contributed by atoms with Crippen LogP contribution in [-0.2, 0) is 9.59 Å². The molecule has 0 spiro atoms. The van der Waals surface area contributed by atoms with Crippen LogP contribution < -0.4 is 22.5 Å². The fraction of sp³-hybridized carbons (Fsp3) is 0.778. The van der Waals surface area contributed by atoms with Crippen LogP contribution in [0.4, 0.5) is 0 Å². The molecule has 8 N–H and O–H groups in total. The molecule has 0 aromatic carbocycles. The molecule has 0 fully saturated rings. The average molecular weight is 232 g/mol. The molecule has 0 rings (SSSR count). The van der Waals surface area contributed by atoms with Crippen LogP contribution in [0.5, 0.6) is 0 Å². The smallest absolute Gasteiger partial charge is 0.240 e. The molecule has 0 saturated heterocycles. The summed E-state index contributed by atoms with van der Waals surface area (Å²) in [5, 5.41) is 11.0. The minimum atomic E-state index is -1.03. The van der Waals surface area contributed by atoms with Gasteiger partial charge >= 0.3 is 0 Å². The van der Waals surface area contributed by atoms with Crippen LogP contribution in [0.3, 0.4) is 0 Å². The highest BCUT2D eigenvalue weighted by Crippen LogP contribution is 2.00. The zero-order valence-corrected chi connectivity index (χ0v) is 9.19. The molecule has 7 heteroatoms. The lowest BCUT2D eigenvalue weighted by atomic mass is 10.1. The molecular formula is C9H20N4O3. The Morgan fingerprint density at radius 1 is 1.31 bits per heavy atom. The predicted octanol–water partition coefficient (Wildman–Crippen LogP) is -2.59. The highest BCUT2D eigenvalue weighted by Gasteiger charge is 2.20. The maximum absolute atomic E-state index is 11.3. The van der Waals surface area contributed by atoms with Crippen molar-refractivity contribution in [3.63, 3.8) is 0 Å². The monoisotopic (exact) mass is 232 g/mol. The van der Waals surface area contributed by atoms with Gasteiger partial charge in [-0.2, -0.15) is 0 Å². The van der Waals surface area contributed by atoms with E-state index in [0.717, 1.165) is 6.42 Å². The molecule has 0 aliphatic carbocycles. The Labute approximate surface area is 94.3 Å². The number of primary amides is 1. The molecule has 0 aromatic rings. The third kappa shape index (κ3) is 5.64. The molecule has 0 aromatic heterocycles. The maximum atomic E-state index is 11.3. The van der Waals surface area contributed by atoms with Crippen LogP contribution in [0.1, 0.15) is 19.3 Å². The van der Waals surface area contributed by atoms with Gasteiger partial charge in [0.1, 0.15) is 12.1 Å². The molecule has 0 bridgehead atoms. The maximum Gasteiger partial charge on any atom is 0.240 e. The van der Waals surface area contributed by atoms with Gasteiger partial charge in [-0.1, -0.05) is 0 Å². The fourth-order valence-corrected chi connectivity index (χ4v) is 1.14. The number of nitrogens with one attached hydrogen (secondary N) is 1. The number of aliphatic hydroxyl groups is 1. The summed E-state index contributed by atoms with van der Waals surface area (Å²) in [6.07, 6.45) is 1.88. The Kier molecular flexibility index (Phi) is 7.44. The molecule has 16 heavy (non-hydrogen) atoms. The van der Waals surface area contributed by atoms with Crippen LogP contribution in [-0.4, -0.2) is 42.2 Å². The molecule has 0 unspecified atom stereocenters. The van der Waals surface area contributed by atoms with Gasteiger partial charge in [0.05, 0.1) is 6.61 Å². The summed E-state index contributed by atoms with van der Waals surface area (Å²) >= 11 is 0. The highest BCUT2D eigenvalue weighted by atomic mass is 16.3. The van der Waals surface area contributed by atoms with Gasteiger partial charge in [-0.05, 0) is 25.8 Å². The van der Waals surface area contributed by atoms with Gasteiger partial charge in [-0.3, -0.25) is 9.59 Å². The van der Waals surface area contributed by atoms with E-state index in [9.17, 15) is 9.59 Å². The van der Waals surface area contributed by atoms with Gasteiger partial charge in [0.2, 0.25) is 11.8 Å². The van der Waals surface area contributed by atoms with E-state index in [1.165, 1.54) is 0 Å². The van der Waals surface area contributed by atoms with Crippen molar-refractivity contribution >= 4 is 11.8 Å². The van der Waals surface area contributed by atoms with Crippen molar-refractivity contribution < 1.29 is 14.7 Å². The number of carbonyl (C=O) groups excluding carboxylic acids is 2. The molecule has 0 radical (unpaired) electrons. The molecule has 0 aliphatic heterocycles. The molecule has 2 amide bonds. The number of rotatable bonds is 8. The van der Waals surface area contributed by atoms with Gasteiger partial charge in [0, 0.05) is 0 Å². The first kappa shape index (κ1) is 14.8. The van der Waals surface area contributed by atoms with E-state index in [2.05, 4.69) is 5.32 Å². The summed E-state index contributed by atoms with van der Waals surface area (Å²) < 4.78 is 0. The number of amides is 2. The van der Waals surface area contributed by atoms with Crippen LogP contribution in [0, 0.1) is 0 Å². The molecule has 2 atom stereocenters. The van der Waals surface area contributed by atoms with Crippen LogP contribution in [0.25, 0.3) is 0 Å². The molecule has 0 aliphatic rings. The zero-order chi connectivity index (χ0) is 12.6. The summed E-state index contributed by atoms with van der Waals surface area (Å²) in [7, 11) is 0. The average Bonchev–Trinajstić information content (AvgIpc) is 2.26. The summed E-state index contributed by atoms with van der Waals surface area (Å²) in [6, 6.07) is -1.78. The van der Waals surface area contributed by atoms with E-state index in [1.54, 1.807) is 0 Å². The summed E-state index contributed by atoms with van der Waals surface area (Å²) in [4.78, 5) is 22.3. The Hall–Kier alpha value is -1.18. The second kappa shape index (κ2) is 8.03. The van der Waals surface area contributed by atoms with E-state index in [1.807, 2.05) is 0 Å². The number of hydrogen-bond donors (Lipinski definition) is 5. The van der Waals surface area contributed by atoms with E-state index in [-0.39, 0.29) is 0 Å². The lowest BCUT2D eigenvalue weighted by Crippen LogP contribution is -2.51. The van der Waals surface area contributed by atoms with Crippen molar-refractivity contribution in [3.05, 3.63) is 0 Å². The summed E-state index contributed by atoms with van der Waals surface area (Å²) in [5.74, 6) is -1.20. The van der Waals surface area contributed by atoms with Gasteiger partial charge < -0.3 is 27.6 Å². The van der Waals surface area contributed by atoms with Crippen LogP contribution >= 0.6 is 0 Å². The Morgan fingerprint density at radius 2 is 1.94 bits per heavy atom. The van der Waals surface area contributed by atoms with Crippen molar-refractivity contribution in [1.82, 2.24) is 5.32 Å². The first-order valence-electron chi connectivity index (χ1n) is 5.19. The Bertz CT molecular complexity index is 235. The second-order valence-corrected chi connectivity index (χ2v) is 3.54. The molecule has 0 heterocycles. The summed E-state index contributed by atoms with van der Waals surface area (Å²) in [6.45, 7) is 0.0513. The van der Waals surface area contributed by atoms with Gasteiger partial charge in [0.15, 0.2) is 0 Å². The molecule has 7 nitrogen and oxygen atoms in total. The third-order valence-electron chi connectivity index (χ3n) is 2.14. The van der Waals surface area contributed by atoms with Crippen molar-refractivity contribution in [2.75, 3.05) is 13.2 Å². The van der Waals surface area contributed by atoms with Crippen LogP contribution in [0.15, 0.2) is 0 Å². The SMILES string of the molecule is NCCCC[C@H](NC(=O)[C@@H](N)CO)C(N)=O. The number of aliphatic hydroxyl groups excluding tert-OH is 1. The topological polar surface area (TPSA) is 144 Å². The number of carbonyl (C=O) groups is 2. The normalized spacial score (nSPS) is 14.2. The zero-order valence-electron chi connectivity index (χ0n) is 9.19. The third-order valence-corrected chi connectivity index (χ3v) is 2.14. The van der Waals surface area contributed by atoms with Crippen LogP contribution in [0.2, 0.25) is 0 Å². The Morgan fingerprint density at radius 3 is 2.38 bits per heavy atom. The van der Waals surface area contributed by atoms with Crippen molar-refractivity contribution in [2.24, 2.45) is 17.2 Å². The molecular weight excluding hydrogens is 212 g/mol. The first-order valence-corrected chi connectivity index (χ1v) is 5.19. The molecule has 94 valence electrons. The van der Waals surface area contributed by atoms with Crippen molar-refractivity contribution in [3.8, 4) is 0 Å². The standard InChI is InChI=1S/C9H20N4O3/c10-4-2-1-3-7(8(12)15)13-9(16)6(11)5-14/h6-7,14H,1-5,10-11H2,(H2,12,15)(H,13,16)/t6-,7-/m0/s1. The summed E-state index contributed by atoms with van der Waals surface area (Å²) in [5.41, 5.74) is 15.7. The number of hydrogen-bond acceptors (Lipinski definition) is 5. The predicted molar refractivity (Wildman–Crippen MR) is 59.1 cm³/mol.